The van der Waals surface area contributed by atoms with Crippen LogP contribution in [0.15, 0.2) is 24.4 Å². The molecular formula is C30H30F3N5O5S. The number of thiophene rings is 1. The molecule has 2 unspecified atom stereocenters. The van der Waals surface area contributed by atoms with Crippen molar-refractivity contribution in [1.82, 2.24) is 19.8 Å². The van der Waals surface area contributed by atoms with Crippen molar-refractivity contribution in [2.24, 2.45) is 23.2 Å². The highest BCUT2D eigenvalue weighted by molar-refractivity contribution is 7.19. The minimum atomic E-state index is -4.75. The maximum atomic E-state index is 14.0. The molecule has 44 heavy (non-hydrogen) atoms. The van der Waals surface area contributed by atoms with Crippen LogP contribution >= 0.6 is 11.3 Å². The number of hydrogen-bond acceptors (Lipinski definition) is 7. The van der Waals surface area contributed by atoms with Crippen molar-refractivity contribution >= 4 is 51.1 Å². The van der Waals surface area contributed by atoms with Gasteiger partial charge in [-0.2, -0.15) is 13.2 Å². The smallest absolute Gasteiger partial charge is 0.433 e. The number of carbonyl (C=O) groups excluding carboxylic acids is 3. The number of hydrogen-bond donors (Lipinski definition) is 2. The zero-order valence-corrected chi connectivity index (χ0v) is 25.0. The maximum Gasteiger partial charge on any atom is 0.433 e. The van der Waals surface area contributed by atoms with Gasteiger partial charge in [0.05, 0.1) is 40.0 Å². The molecule has 1 saturated carbocycles. The van der Waals surface area contributed by atoms with Crippen LogP contribution in [0.3, 0.4) is 0 Å². The van der Waals surface area contributed by atoms with Crippen LogP contribution in [0.5, 0.6) is 0 Å². The predicted molar refractivity (Wildman–Crippen MR) is 155 cm³/mol. The van der Waals surface area contributed by atoms with Gasteiger partial charge in [0.15, 0.2) is 0 Å². The fourth-order valence-corrected chi connectivity index (χ4v) is 7.63. The molecule has 3 aromatic rings. The van der Waals surface area contributed by atoms with E-state index >= 15 is 0 Å². The van der Waals surface area contributed by atoms with Crippen LogP contribution in [-0.2, 0) is 33.5 Å². The third kappa shape index (κ3) is 4.98. The van der Waals surface area contributed by atoms with Gasteiger partial charge in [-0.15, -0.1) is 11.3 Å². The summed E-state index contributed by atoms with van der Waals surface area (Å²) in [7, 11) is 0. The van der Waals surface area contributed by atoms with Gasteiger partial charge in [-0.25, -0.2) is 9.78 Å². The number of piperidine rings is 2. The summed E-state index contributed by atoms with van der Waals surface area (Å²) in [6, 6.07) is 4.21. The Labute approximate surface area is 254 Å². The SMILES string of the molecule is CCc1nc(C(F)(F)F)cc(-c2ccnc3cc(CN4C(=O)C5C(C4=O)C5(C)C)sc23)c1NC(=O)C1CCN(C(=O)O)CC1. The second-order valence-corrected chi connectivity index (χ2v) is 13.2. The van der Waals surface area contributed by atoms with E-state index in [1.165, 1.54) is 27.3 Å². The number of likely N-dealkylation sites (tertiary alicyclic amines) is 2. The molecule has 0 bridgehead atoms. The van der Waals surface area contributed by atoms with Crippen LogP contribution in [-0.4, -0.2) is 61.8 Å². The van der Waals surface area contributed by atoms with E-state index in [0.717, 1.165) is 6.07 Å². The standard InChI is InChI=1S/C30H30F3N5O5S/c1-4-18-23(36-25(39)14-6-9-37(10-7-14)28(42)43)17(12-20(35-18)30(31,32)33)16-5-8-34-19-11-15(44-24(16)19)13-38-26(40)21-22(27(38)41)29(21,2)3/h5,8,11-12,14,21-22H,4,6-7,9-10,13H2,1-3H3,(H,36,39)(H,42,43). The fourth-order valence-electron chi connectivity index (χ4n) is 6.50. The Morgan fingerprint density at radius 2 is 1.77 bits per heavy atom. The number of aromatic nitrogens is 2. The molecule has 3 aromatic heterocycles. The second-order valence-electron chi connectivity index (χ2n) is 12.1. The highest BCUT2D eigenvalue weighted by Gasteiger charge is 2.72. The minimum Gasteiger partial charge on any atom is -0.465 e. The third-order valence-corrected chi connectivity index (χ3v) is 10.2. The molecule has 5 heterocycles. The van der Waals surface area contributed by atoms with E-state index in [0.29, 0.717) is 20.7 Å². The Balaban J connectivity index is 1.37. The van der Waals surface area contributed by atoms with Crippen LogP contribution in [0.2, 0.25) is 0 Å². The van der Waals surface area contributed by atoms with Crippen LogP contribution in [0.4, 0.5) is 23.7 Å². The van der Waals surface area contributed by atoms with Crippen LogP contribution < -0.4 is 5.32 Å². The van der Waals surface area contributed by atoms with E-state index in [2.05, 4.69) is 15.3 Å². The lowest BCUT2D eigenvalue weighted by Crippen LogP contribution is -2.40. The molecule has 10 nitrogen and oxygen atoms in total. The highest BCUT2D eigenvalue weighted by atomic mass is 32.1. The molecule has 3 aliphatic rings. The summed E-state index contributed by atoms with van der Waals surface area (Å²) in [5.74, 6) is -2.03. The van der Waals surface area contributed by atoms with Crippen molar-refractivity contribution < 1.29 is 37.5 Å². The van der Waals surface area contributed by atoms with Gasteiger partial charge in [0, 0.05) is 41.2 Å². The number of rotatable bonds is 6. The van der Waals surface area contributed by atoms with Crippen molar-refractivity contribution in [3.05, 3.63) is 40.7 Å². The number of aryl methyl sites for hydroxylation is 1. The number of fused-ring (bicyclic) bond motifs is 2. The van der Waals surface area contributed by atoms with Crippen LogP contribution in [0, 0.1) is 23.2 Å². The number of imide groups is 1. The topological polar surface area (TPSA) is 133 Å². The first kappa shape index (κ1) is 30.0. The van der Waals surface area contributed by atoms with Gasteiger partial charge >= 0.3 is 12.3 Å². The Morgan fingerprint density at radius 1 is 1.11 bits per heavy atom. The number of nitrogens with zero attached hydrogens (tertiary/aromatic N) is 4. The molecule has 3 fully saturated rings. The monoisotopic (exact) mass is 629 g/mol. The zero-order valence-electron chi connectivity index (χ0n) is 24.2. The number of halogens is 3. The lowest BCUT2D eigenvalue weighted by atomic mass is 9.95. The first-order valence-electron chi connectivity index (χ1n) is 14.3. The normalized spacial score (nSPS) is 21.6. The number of anilines is 1. The van der Waals surface area contributed by atoms with E-state index in [4.69, 9.17) is 0 Å². The first-order chi connectivity index (χ1) is 20.7. The Bertz CT molecular complexity index is 1690. The summed E-state index contributed by atoms with van der Waals surface area (Å²) in [5.41, 5.74) is -0.237. The number of amides is 4. The largest absolute Gasteiger partial charge is 0.465 e. The molecule has 2 atom stereocenters. The van der Waals surface area contributed by atoms with Crippen molar-refractivity contribution in [3.63, 3.8) is 0 Å². The van der Waals surface area contributed by atoms with Crippen LogP contribution in [0.25, 0.3) is 21.3 Å². The molecule has 2 aliphatic heterocycles. The molecule has 4 amide bonds. The summed E-state index contributed by atoms with van der Waals surface area (Å²) >= 11 is 1.23. The van der Waals surface area contributed by atoms with E-state index in [1.54, 1.807) is 19.1 Å². The van der Waals surface area contributed by atoms with E-state index in [-0.39, 0.29) is 84.9 Å². The summed E-state index contributed by atoms with van der Waals surface area (Å²) in [5, 5.41) is 12.1. The van der Waals surface area contributed by atoms with E-state index in [1.807, 2.05) is 13.8 Å². The number of carboxylic acid groups (broad SMARTS) is 1. The molecule has 6 rings (SSSR count). The second kappa shape index (κ2) is 10.5. The summed E-state index contributed by atoms with van der Waals surface area (Å²) < 4.78 is 42.6. The number of carbonyl (C=O) groups is 4. The van der Waals surface area contributed by atoms with Gasteiger partial charge in [0.1, 0.15) is 5.69 Å². The van der Waals surface area contributed by atoms with Gasteiger partial charge in [-0.05, 0) is 42.9 Å². The van der Waals surface area contributed by atoms with Gasteiger partial charge < -0.3 is 15.3 Å². The Hall–Kier alpha value is -4.07. The average molecular weight is 630 g/mol. The molecular weight excluding hydrogens is 599 g/mol. The fraction of sp³-hybridized carbons (Fsp3) is 0.467. The van der Waals surface area contributed by atoms with E-state index < -0.39 is 29.8 Å². The molecule has 232 valence electrons. The molecule has 14 heteroatoms. The average Bonchev–Trinajstić information content (AvgIpc) is 3.21. The molecule has 0 spiro atoms. The van der Waals surface area contributed by atoms with Crippen molar-refractivity contribution in [2.75, 3.05) is 18.4 Å². The molecule has 2 saturated heterocycles. The number of alkyl halides is 3. The molecule has 2 N–H and O–H groups in total. The Morgan fingerprint density at radius 3 is 2.36 bits per heavy atom. The first-order valence-corrected chi connectivity index (χ1v) is 15.2. The lowest BCUT2D eigenvalue weighted by molar-refractivity contribution is -0.144. The summed E-state index contributed by atoms with van der Waals surface area (Å²) in [4.78, 5) is 61.9. The number of nitrogens with one attached hydrogen (secondary N) is 1. The van der Waals surface area contributed by atoms with Crippen molar-refractivity contribution in [1.29, 1.82) is 0 Å². The van der Waals surface area contributed by atoms with Gasteiger partial charge in [-0.3, -0.25) is 24.3 Å². The lowest BCUT2D eigenvalue weighted by Gasteiger charge is -2.29. The highest BCUT2D eigenvalue weighted by Crippen LogP contribution is 2.63. The van der Waals surface area contributed by atoms with Gasteiger partial charge in [-0.1, -0.05) is 20.8 Å². The van der Waals surface area contributed by atoms with E-state index in [9.17, 15) is 37.5 Å². The quantitative estimate of drug-likeness (QED) is 0.349. The number of pyridine rings is 2. The van der Waals surface area contributed by atoms with Gasteiger partial charge in [0.2, 0.25) is 17.7 Å². The zero-order chi connectivity index (χ0) is 31.7. The summed E-state index contributed by atoms with van der Waals surface area (Å²) in [6.45, 7) is 5.84. The predicted octanol–water partition coefficient (Wildman–Crippen LogP) is 5.41. The molecule has 0 aromatic carbocycles. The Kier molecular flexibility index (Phi) is 7.17. The molecule has 0 radical (unpaired) electrons. The third-order valence-electron chi connectivity index (χ3n) is 9.06. The van der Waals surface area contributed by atoms with Crippen LogP contribution in [0.1, 0.15) is 49.9 Å². The van der Waals surface area contributed by atoms with Gasteiger partial charge in [0.25, 0.3) is 0 Å². The van der Waals surface area contributed by atoms with Crippen molar-refractivity contribution in [2.45, 2.75) is 52.8 Å². The maximum absolute atomic E-state index is 14.0. The minimum absolute atomic E-state index is 0.0458. The molecule has 1 aliphatic carbocycles. The summed E-state index contributed by atoms with van der Waals surface area (Å²) in [6.07, 6.45) is -3.69. The van der Waals surface area contributed by atoms with Crippen molar-refractivity contribution in [3.8, 4) is 11.1 Å².